The molecule has 0 spiro atoms. The Morgan fingerprint density at radius 1 is 0.677 bits per heavy atom. The SMILES string of the molecule is CN(C)C.COc1ccccc1-c1c[nH]c2ncc(-c3cc(C(=O)N(C)C)c(N)nn3)cc12.COc1ccccc1-c1c[nH]c2ncc(-c3ccc(Nc4cncnc4)c(C=O)c3)cc12. The van der Waals surface area contributed by atoms with E-state index in [1.807, 2.05) is 111 Å². The molecule has 16 nitrogen and oxygen atoms in total. The number of fused-ring (bicyclic) bond motifs is 2. The molecule has 0 bridgehead atoms. The van der Waals surface area contributed by atoms with Crippen molar-refractivity contribution in [3.63, 3.8) is 0 Å². The van der Waals surface area contributed by atoms with Gasteiger partial charge in [-0.1, -0.05) is 42.5 Å². The summed E-state index contributed by atoms with van der Waals surface area (Å²) in [4.78, 5) is 51.1. The number of nitrogens with one attached hydrogen (secondary N) is 3. The number of hydrogen-bond acceptors (Lipinski definition) is 13. The van der Waals surface area contributed by atoms with Crippen LogP contribution in [-0.4, -0.2) is 112 Å². The van der Waals surface area contributed by atoms with Crippen LogP contribution in [0, 0.1) is 0 Å². The van der Waals surface area contributed by atoms with Crippen LogP contribution < -0.4 is 20.5 Å². The number of aldehydes is 1. The van der Waals surface area contributed by atoms with Crippen molar-refractivity contribution in [3.8, 4) is 56.1 Å². The number of nitrogens with two attached hydrogens (primary N) is 1. The Labute approximate surface area is 375 Å². The van der Waals surface area contributed by atoms with Gasteiger partial charge in [-0.3, -0.25) is 9.59 Å². The zero-order chi connectivity index (χ0) is 46.0. The highest BCUT2D eigenvalue weighted by molar-refractivity contribution is 6.01. The van der Waals surface area contributed by atoms with Crippen LogP contribution in [0.15, 0.2) is 128 Å². The number of pyridine rings is 2. The van der Waals surface area contributed by atoms with Gasteiger partial charge in [-0.15, -0.1) is 10.2 Å². The van der Waals surface area contributed by atoms with Crippen LogP contribution in [0.1, 0.15) is 20.7 Å². The number of carbonyl (C=O) groups excluding carboxylic acids is 2. The van der Waals surface area contributed by atoms with Crippen LogP contribution in [0.5, 0.6) is 11.5 Å². The largest absolute Gasteiger partial charge is 0.496 e. The molecule has 9 rings (SSSR count). The van der Waals surface area contributed by atoms with E-state index in [2.05, 4.69) is 51.5 Å². The van der Waals surface area contributed by atoms with Crippen LogP contribution in [0.4, 0.5) is 17.2 Å². The summed E-state index contributed by atoms with van der Waals surface area (Å²) in [7, 11) is 12.6. The third-order valence-electron chi connectivity index (χ3n) is 9.96. The quantitative estimate of drug-likeness (QED) is 0.0954. The molecule has 0 saturated carbocycles. The van der Waals surface area contributed by atoms with Crippen molar-refractivity contribution in [1.29, 1.82) is 0 Å². The summed E-state index contributed by atoms with van der Waals surface area (Å²) in [6.07, 6.45) is 12.9. The molecule has 3 aromatic carbocycles. The van der Waals surface area contributed by atoms with Crippen LogP contribution >= 0.6 is 0 Å². The molecule has 65 heavy (non-hydrogen) atoms. The predicted octanol–water partition coefficient (Wildman–Crippen LogP) is 8.41. The van der Waals surface area contributed by atoms with Crippen molar-refractivity contribution < 1.29 is 19.1 Å². The van der Waals surface area contributed by atoms with Crippen LogP contribution in [0.25, 0.3) is 66.7 Å². The lowest BCUT2D eigenvalue weighted by Crippen LogP contribution is -2.23. The second-order valence-electron chi connectivity index (χ2n) is 15.3. The lowest BCUT2D eigenvalue weighted by molar-refractivity contribution is 0.0828. The highest BCUT2D eigenvalue weighted by Crippen LogP contribution is 2.38. The van der Waals surface area contributed by atoms with Crippen molar-refractivity contribution >= 4 is 51.5 Å². The van der Waals surface area contributed by atoms with Gasteiger partial charge in [-0.25, -0.2) is 19.9 Å². The van der Waals surface area contributed by atoms with Gasteiger partial charge < -0.3 is 40.3 Å². The van der Waals surface area contributed by atoms with Gasteiger partial charge in [0.05, 0.1) is 43.6 Å². The Hall–Kier alpha value is -8.50. The summed E-state index contributed by atoms with van der Waals surface area (Å²) in [6, 6.07) is 27.0. The van der Waals surface area contributed by atoms with Crippen molar-refractivity contribution in [3.05, 3.63) is 140 Å². The standard InChI is InChI=1S/C25H19N5O2.C21H20N6O2.C3H9N/c1-32-24-5-3-2-4-20(24)22-13-29-25-21(22)9-17(10-28-25)16-6-7-23(18(8-16)14-31)30-19-11-26-15-27-12-19;1-27(2)21(28)15-9-17(25-26-19(15)22)12-8-14-16(11-24-20(14)23-10-12)13-6-4-5-7-18(13)29-3;1-4(2)3/h2-15,30H,1H3,(H,28,29);4-11H,1-3H3,(H2,22,26)(H,23,24);1-3H3. The van der Waals surface area contributed by atoms with E-state index >= 15 is 0 Å². The maximum absolute atomic E-state index is 12.4. The zero-order valence-corrected chi connectivity index (χ0v) is 37.0. The van der Waals surface area contributed by atoms with Crippen LogP contribution in [0.2, 0.25) is 0 Å². The molecule has 6 aromatic heterocycles. The number of H-pyrrole nitrogens is 2. The van der Waals surface area contributed by atoms with Crippen molar-refractivity contribution in [2.45, 2.75) is 0 Å². The Morgan fingerprint density at radius 2 is 1.23 bits per heavy atom. The topological polar surface area (TPSA) is 206 Å². The normalized spacial score (nSPS) is 10.7. The average Bonchev–Trinajstić information content (AvgIpc) is 3.96. The van der Waals surface area contributed by atoms with Crippen molar-refractivity contribution in [1.82, 2.24) is 49.9 Å². The molecule has 0 atom stereocenters. The van der Waals surface area contributed by atoms with Gasteiger partial charge in [-0.05, 0) is 69.2 Å². The molecule has 0 fully saturated rings. The third kappa shape index (κ3) is 10.1. The lowest BCUT2D eigenvalue weighted by Gasteiger charge is -2.12. The number of aromatic nitrogens is 8. The minimum Gasteiger partial charge on any atom is -0.496 e. The first-order valence-electron chi connectivity index (χ1n) is 20.3. The molecular weight excluding hydrogens is 821 g/mol. The van der Waals surface area contributed by atoms with E-state index in [0.29, 0.717) is 28.2 Å². The molecule has 328 valence electrons. The Morgan fingerprint density at radius 3 is 1.78 bits per heavy atom. The Kier molecular flexibility index (Phi) is 13.8. The van der Waals surface area contributed by atoms with E-state index in [0.717, 1.165) is 78.8 Å². The van der Waals surface area contributed by atoms with Gasteiger partial charge >= 0.3 is 0 Å². The fourth-order valence-electron chi connectivity index (χ4n) is 6.91. The summed E-state index contributed by atoms with van der Waals surface area (Å²) in [6.45, 7) is 0. The first-order chi connectivity index (χ1) is 31.5. The zero-order valence-electron chi connectivity index (χ0n) is 37.0. The highest BCUT2D eigenvalue weighted by atomic mass is 16.5. The number of anilines is 3. The fourth-order valence-corrected chi connectivity index (χ4v) is 6.91. The van der Waals surface area contributed by atoms with E-state index < -0.39 is 0 Å². The number of carbonyl (C=O) groups is 2. The number of hydrogen-bond donors (Lipinski definition) is 4. The maximum Gasteiger partial charge on any atom is 0.257 e. The van der Waals surface area contributed by atoms with Crippen molar-refractivity contribution in [2.24, 2.45) is 0 Å². The monoisotopic (exact) mass is 868 g/mol. The number of ether oxygens (including phenoxy) is 2. The fraction of sp³-hybridized carbons (Fsp3) is 0.143. The highest BCUT2D eigenvalue weighted by Gasteiger charge is 2.18. The third-order valence-corrected chi connectivity index (χ3v) is 9.96. The number of nitrogens with zero attached hydrogens (tertiary/aromatic N) is 8. The molecule has 0 unspecified atom stereocenters. The molecule has 9 aromatic rings. The number of nitrogen functional groups attached to an aromatic ring is 1. The average molecular weight is 869 g/mol. The molecule has 0 saturated heterocycles. The molecule has 0 radical (unpaired) electrons. The van der Waals surface area contributed by atoms with E-state index in [1.165, 1.54) is 11.2 Å². The van der Waals surface area contributed by atoms with Gasteiger partial charge in [0.25, 0.3) is 5.91 Å². The van der Waals surface area contributed by atoms with E-state index in [9.17, 15) is 9.59 Å². The lowest BCUT2D eigenvalue weighted by atomic mass is 10.00. The minimum absolute atomic E-state index is 0.0952. The second kappa shape index (κ2) is 20.1. The summed E-state index contributed by atoms with van der Waals surface area (Å²) in [5.41, 5.74) is 16.6. The maximum atomic E-state index is 12.4. The molecule has 1 amide bonds. The summed E-state index contributed by atoms with van der Waals surface area (Å²) >= 11 is 0. The predicted molar refractivity (Wildman–Crippen MR) is 255 cm³/mol. The molecule has 0 aliphatic heterocycles. The van der Waals surface area contributed by atoms with E-state index in [4.69, 9.17) is 15.2 Å². The van der Waals surface area contributed by atoms with E-state index in [-0.39, 0.29) is 11.7 Å². The van der Waals surface area contributed by atoms with Gasteiger partial charge in [0.15, 0.2) is 12.1 Å². The van der Waals surface area contributed by atoms with Crippen LogP contribution in [0.3, 0.4) is 0 Å². The first kappa shape index (κ1) is 44.6. The van der Waals surface area contributed by atoms with Gasteiger partial charge in [0, 0.05) is 94.3 Å². The number of amides is 1. The summed E-state index contributed by atoms with van der Waals surface area (Å²) < 4.78 is 11.0. The first-order valence-corrected chi connectivity index (χ1v) is 20.3. The number of rotatable bonds is 10. The smallest absolute Gasteiger partial charge is 0.257 e. The van der Waals surface area contributed by atoms with E-state index in [1.54, 1.807) is 59.2 Å². The van der Waals surface area contributed by atoms with Gasteiger partial charge in [-0.2, -0.15) is 0 Å². The van der Waals surface area contributed by atoms with Crippen molar-refractivity contribution in [2.75, 3.05) is 60.5 Å². The molecule has 6 heterocycles. The molecule has 5 N–H and O–H groups in total. The molecular formula is C49H48N12O4. The van der Waals surface area contributed by atoms with Gasteiger partial charge in [0.1, 0.15) is 29.1 Å². The molecule has 0 aliphatic rings. The number of aromatic amines is 2. The summed E-state index contributed by atoms with van der Waals surface area (Å²) in [5, 5.41) is 13.2. The Bertz CT molecular complexity index is 3090. The van der Waals surface area contributed by atoms with Gasteiger partial charge in [0.2, 0.25) is 0 Å². The molecule has 0 aliphatic carbocycles. The number of methoxy groups -OCH3 is 2. The number of para-hydroxylation sites is 2. The summed E-state index contributed by atoms with van der Waals surface area (Å²) in [5.74, 6) is 1.43. The Balaban J connectivity index is 0.000000180. The second-order valence-corrected chi connectivity index (χ2v) is 15.3. The number of benzene rings is 3. The van der Waals surface area contributed by atoms with Crippen LogP contribution in [-0.2, 0) is 0 Å². The minimum atomic E-state index is -0.232. The molecule has 16 heteroatoms.